The van der Waals surface area contributed by atoms with Gasteiger partial charge in [0.05, 0.1) is 0 Å². The van der Waals surface area contributed by atoms with Gasteiger partial charge in [0, 0.05) is 26.5 Å². The maximum absolute atomic E-state index is 5.47. The molecule has 0 amide bonds. The summed E-state index contributed by atoms with van der Waals surface area (Å²) in [5, 5.41) is 3.33. The molecule has 0 aliphatic carbocycles. The van der Waals surface area contributed by atoms with Crippen LogP contribution in [0, 0.1) is 0 Å². The summed E-state index contributed by atoms with van der Waals surface area (Å²) >= 11 is 0. The normalized spacial score (nSPS) is 11.9. The van der Waals surface area contributed by atoms with Crippen molar-refractivity contribution in [2.75, 3.05) is 21.3 Å². The smallest absolute Gasteiger partial charge is 0.373 e. The fourth-order valence-corrected chi connectivity index (χ4v) is 3.81. The fraction of sp³-hybridized carbons (Fsp3) is 0.231. The predicted octanol–water partition coefficient (Wildman–Crippen LogP) is 1.92. The Hall–Kier alpha value is -1.20. The van der Waals surface area contributed by atoms with Crippen LogP contribution in [0.2, 0.25) is 0 Å². The Morgan fingerprint density at radius 2 is 1.35 bits per heavy atom. The lowest BCUT2D eigenvalue weighted by atomic mass is 10.1. The first-order valence-corrected chi connectivity index (χ1v) is 7.13. The zero-order valence-electron chi connectivity index (χ0n) is 10.3. The van der Waals surface area contributed by atoms with Crippen molar-refractivity contribution in [3.63, 3.8) is 0 Å². The van der Waals surface area contributed by atoms with E-state index >= 15 is 0 Å². The van der Waals surface area contributed by atoms with Crippen molar-refractivity contribution in [2.24, 2.45) is 0 Å². The second-order valence-electron chi connectivity index (χ2n) is 3.73. The fourth-order valence-electron chi connectivity index (χ4n) is 1.98. The lowest BCUT2D eigenvalue weighted by Gasteiger charge is -2.24. The van der Waals surface area contributed by atoms with Gasteiger partial charge in [0.25, 0.3) is 0 Å². The van der Waals surface area contributed by atoms with Crippen LogP contribution >= 0.6 is 0 Å². The van der Waals surface area contributed by atoms with E-state index in [-0.39, 0.29) is 0 Å². The summed E-state index contributed by atoms with van der Waals surface area (Å²) in [5.41, 5.74) is 0. The van der Waals surface area contributed by atoms with Crippen molar-refractivity contribution >= 4 is 24.8 Å². The Balaban J connectivity index is 2.55. The van der Waals surface area contributed by atoms with E-state index in [1.807, 2.05) is 18.2 Å². The topological polar surface area (TPSA) is 27.7 Å². The molecular formula is C13H16O3Si. The third kappa shape index (κ3) is 2.12. The minimum absolute atomic E-state index is 0.976. The van der Waals surface area contributed by atoms with E-state index in [2.05, 4.69) is 24.3 Å². The highest BCUT2D eigenvalue weighted by molar-refractivity contribution is 6.75. The average Bonchev–Trinajstić information content (AvgIpc) is 2.41. The molecule has 0 radical (unpaired) electrons. The van der Waals surface area contributed by atoms with Crippen LogP contribution in [0.5, 0.6) is 0 Å². The Bertz CT molecular complexity index is 500. The van der Waals surface area contributed by atoms with Gasteiger partial charge in [-0.05, 0) is 16.8 Å². The molecule has 2 rings (SSSR count). The van der Waals surface area contributed by atoms with E-state index in [1.54, 1.807) is 21.3 Å². The second-order valence-corrected chi connectivity index (χ2v) is 6.64. The number of benzene rings is 2. The Morgan fingerprint density at radius 1 is 0.765 bits per heavy atom. The summed E-state index contributed by atoms with van der Waals surface area (Å²) in [5.74, 6) is 0. The van der Waals surface area contributed by atoms with Crippen LogP contribution in [0.4, 0.5) is 0 Å². The largest absolute Gasteiger partial charge is 0.536 e. The van der Waals surface area contributed by atoms with Crippen LogP contribution < -0.4 is 5.19 Å². The van der Waals surface area contributed by atoms with Crippen molar-refractivity contribution < 1.29 is 13.3 Å². The van der Waals surface area contributed by atoms with Crippen molar-refractivity contribution in [2.45, 2.75) is 0 Å². The maximum atomic E-state index is 5.47. The van der Waals surface area contributed by atoms with Crippen LogP contribution in [0.1, 0.15) is 0 Å². The van der Waals surface area contributed by atoms with E-state index in [0.29, 0.717) is 0 Å². The molecule has 3 nitrogen and oxygen atoms in total. The molecule has 0 aliphatic rings. The summed E-state index contributed by atoms with van der Waals surface area (Å²) < 4.78 is 16.4. The van der Waals surface area contributed by atoms with Gasteiger partial charge in [-0.2, -0.15) is 0 Å². The molecule has 2 aromatic carbocycles. The Kier molecular flexibility index (Phi) is 3.59. The molecule has 90 valence electrons. The lowest BCUT2D eigenvalue weighted by Crippen LogP contribution is -2.54. The van der Waals surface area contributed by atoms with Gasteiger partial charge in [-0.1, -0.05) is 36.4 Å². The molecule has 2 aromatic rings. The van der Waals surface area contributed by atoms with Crippen molar-refractivity contribution in [1.29, 1.82) is 0 Å². The minimum Gasteiger partial charge on any atom is -0.373 e. The molecule has 0 heterocycles. The molecule has 17 heavy (non-hydrogen) atoms. The lowest BCUT2D eigenvalue weighted by molar-refractivity contribution is 0.140. The molecule has 0 saturated carbocycles. The van der Waals surface area contributed by atoms with Gasteiger partial charge in [0.1, 0.15) is 0 Å². The van der Waals surface area contributed by atoms with E-state index in [1.165, 1.54) is 5.39 Å². The van der Waals surface area contributed by atoms with Gasteiger partial charge in [-0.3, -0.25) is 0 Å². The van der Waals surface area contributed by atoms with Gasteiger partial charge in [0.2, 0.25) is 0 Å². The van der Waals surface area contributed by atoms with Gasteiger partial charge >= 0.3 is 8.80 Å². The molecule has 0 fully saturated rings. The number of fused-ring (bicyclic) bond motifs is 1. The van der Waals surface area contributed by atoms with E-state index < -0.39 is 8.80 Å². The summed E-state index contributed by atoms with van der Waals surface area (Å²) in [4.78, 5) is 0. The van der Waals surface area contributed by atoms with Gasteiger partial charge < -0.3 is 13.3 Å². The van der Waals surface area contributed by atoms with Crippen LogP contribution in [0.15, 0.2) is 42.5 Å². The highest BCUT2D eigenvalue weighted by Crippen LogP contribution is 2.15. The van der Waals surface area contributed by atoms with E-state index in [4.69, 9.17) is 13.3 Å². The van der Waals surface area contributed by atoms with Crippen LogP contribution in [-0.2, 0) is 13.3 Å². The van der Waals surface area contributed by atoms with Crippen molar-refractivity contribution in [3.8, 4) is 0 Å². The molecular weight excluding hydrogens is 232 g/mol. The highest BCUT2D eigenvalue weighted by atomic mass is 28.4. The first-order valence-electron chi connectivity index (χ1n) is 5.40. The molecule has 0 unspecified atom stereocenters. The highest BCUT2D eigenvalue weighted by Gasteiger charge is 2.40. The van der Waals surface area contributed by atoms with Crippen LogP contribution in [0.25, 0.3) is 10.8 Å². The molecule has 0 aromatic heterocycles. The van der Waals surface area contributed by atoms with Gasteiger partial charge in [0.15, 0.2) is 0 Å². The quantitative estimate of drug-likeness (QED) is 0.774. The van der Waals surface area contributed by atoms with Crippen molar-refractivity contribution in [1.82, 2.24) is 0 Å². The van der Waals surface area contributed by atoms with Gasteiger partial charge in [-0.25, -0.2) is 0 Å². The zero-order chi connectivity index (χ0) is 12.3. The average molecular weight is 248 g/mol. The maximum Gasteiger partial charge on any atom is 0.536 e. The minimum atomic E-state index is -2.71. The summed E-state index contributed by atoms with van der Waals surface area (Å²) in [7, 11) is 2.15. The second kappa shape index (κ2) is 4.97. The van der Waals surface area contributed by atoms with Gasteiger partial charge in [-0.15, -0.1) is 0 Å². The SMILES string of the molecule is CO[Si](OC)(OC)c1ccc2ccccc2c1. The summed E-state index contributed by atoms with van der Waals surface area (Å²) in [6.45, 7) is 0. The first-order chi connectivity index (χ1) is 8.25. The number of hydrogen-bond acceptors (Lipinski definition) is 3. The van der Waals surface area contributed by atoms with Crippen molar-refractivity contribution in [3.05, 3.63) is 42.5 Å². The predicted molar refractivity (Wildman–Crippen MR) is 70.4 cm³/mol. The molecule has 0 bridgehead atoms. The third-order valence-electron chi connectivity index (χ3n) is 2.91. The summed E-state index contributed by atoms with van der Waals surface area (Å²) in [6.07, 6.45) is 0. The number of hydrogen-bond donors (Lipinski definition) is 0. The monoisotopic (exact) mass is 248 g/mol. The van der Waals surface area contributed by atoms with Crippen LogP contribution in [0.3, 0.4) is 0 Å². The molecule has 4 heteroatoms. The molecule has 0 N–H and O–H groups in total. The zero-order valence-corrected chi connectivity index (χ0v) is 11.3. The molecule has 0 spiro atoms. The Labute approximate surface area is 102 Å². The molecule has 0 saturated heterocycles. The van der Waals surface area contributed by atoms with E-state index in [9.17, 15) is 0 Å². The van der Waals surface area contributed by atoms with E-state index in [0.717, 1.165) is 10.6 Å². The molecule has 0 atom stereocenters. The number of rotatable bonds is 4. The Morgan fingerprint density at radius 3 is 1.94 bits per heavy atom. The standard InChI is InChI=1S/C13H16O3Si/c1-14-17(15-2,16-3)13-9-8-11-6-4-5-7-12(11)10-13/h4-10H,1-3H3. The summed E-state index contributed by atoms with van der Waals surface area (Å²) in [6, 6.07) is 14.3. The van der Waals surface area contributed by atoms with Crippen LogP contribution in [-0.4, -0.2) is 30.1 Å². The molecule has 0 aliphatic heterocycles. The first kappa shape index (κ1) is 12.3. The third-order valence-corrected chi connectivity index (χ3v) is 5.54.